The molecule has 0 aromatic heterocycles. The Bertz CT molecular complexity index is 667. The van der Waals surface area contributed by atoms with Gasteiger partial charge >= 0.3 is 0 Å². The van der Waals surface area contributed by atoms with Gasteiger partial charge in [-0.1, -0.05) is 17.7 Å². The van der Waals surface area contributed by atoms with Crippen molar-refractivity contribution >= 4 is 23.0 Å². The fourth-order valence-corrected chi connectivity index (χ4v) is 1.97. The summed E-state index contributed by atoms with van der Waals surface area (Å²) < 4.78 is 18.9. The molecule has 1 N–H and O–H groups in total. The predicted molar refractivity (Wildman–Crippen MR) is 77.0 cm³/mol. The number of benzene rings is 2. The lowest BCUT2D eigenvalue weighted by molar-refractivity contribution is 0.321. The summed E-state index contributed by atoms with van der Waals surface area (Å²) in [6.45, 7) is 2.19. The SMILES string of the molecule is CCOc1ccc(Nc2cccc(Cl)c2C#N)cc1F. The average Bonchev–Trinajstić information content (AvgIpc) is 2.42. The maximum absolute atomic E-state index is 13.7. The van der Waals surface area contributed by atoms with Crippen LogP contribution in [0.4, 0.5) is 15.8 Å². The highest BCUT2D eigenvalue weighted by Crippen LogP contribution is 2.28. The van der Waals surface area contributed by atoms with Gasteiger partial charge in [-0.2, -0.15) is 5.26 Å². The van der Waals surface area contributed by atoms with Crippen LogP contribution in [0.1, 0.15) is 12.5 Å². The minimum atomic E-state index is -0.461. The van der Waals surface area contributed by atoms with Crippen LogP contribution in [0.15, 0.2) is 36.4 Å². The van der Waals surface area contributed by atoms with Crippen molar-refractivity contribution in [1.29, 1.82) is 5.26 Å². The first kappa shape index (κ1) is 14.2. The van der Waals surface area contributed by atoms with E-state index in [1.807, 2.05) is 6.07 Å². The van der Waals surface area contributed by atoms with Crippen molar-refractivity contribution in [2.45, 2.75) is 6.92 Å². The van der Waals surface area contributed by atoms with Crippen molar-refractivity contribution < 1.29 is 9.13 Å². The molecular formula is C15H12ClFN2O. The van der Waals surface area contributed by atoms with Gasteiger partial charge in [-0.3, -0.25) is 0 Å². The largest absolute Gasteiger partial charge is 0.491 e. The Hall–Kier alpha value is -2.25. The Morgan fingerprint density at radius 2 is 2.15 bits per heavy atom. The van der Waals surface area contributed by atoms with E-state index in [4.69, 9.17) is 21.6 Å². The molecule has 0 aliphatic rings. The number of nitrogens with one attached hydrogen (secondary N) is 1. The smallest absolute Gasteiger partial charge is 0.167 e. The molecule has 2 rings (SSSR count). The quantitative estimate of drug-likeness (QED) is 0.902. The number of anilines is 2. The second kappa shape index (κ2) is 6.27. The van der Waals surface area contributed by atoms with E-state index >= 15 is 0 Å². The van der Waals surface area contributed by atoms with E-state index in [0.29, 0.717) is 28.6 Å². The van der Waals surface area contributed by atoms with Crippen molar-refractivity contribution in [2.75, 3.05) is 11.9 Å². The lowest BCUT2D eigenvalue weighted by atomic mass is 10.2. The van der Waals surface area contributed by atoms with Crippen LogP contribution in [-0.2, 0) is 0 Å². The third kappa shape index (κ3) is 3.01. The summed E-state index contributed by atoms with van der Waals surface area (Å²) in [6, 6.07) is 11.6. The Labute approximate surface area is 121 Å². The summed E-state index contributed by atoms with van der Waals surface area (Å²) in [6.07, 6.45) is 0. The molecule has 0 bridgehead atoms. The molecule has 0 saturated carbocycles. The normalized spacial score (nSPS) is 9.90. The Balaban J connectivity index is 2.29. The topological polar surface area (TPSA) is 45.0 Å². The first-order valence-electron chi connectivity index (χ1n) is 6.03. The number of halogens is 2. The molecule has 0 amide bonds. The van der Waals surface area contributed by atoms with E-state index in [1.165, 1.54) is 12.1 Å². The highest BCUT2D eigenvalue weighted by molar-refractivity contribution is 6.32. The van der Waals surface area contributed by atoms with Crippen molar-refractivity contribution in [3.63, 3.8) is 0 Å². The van der Waals surface area contributed by atoms with Crippen LogP contribution >= 0.6 is 11.6 Å². The van der Waals surface area contributed by atoms with Gasteiger partial charge in [0.25, 0.3) is 0 Å². The third-order valence-corrected chi connectivity index (χ3v) is 2.95. The molecule has 102 valence electrons. The minimum Gasteiger partial charge on any atom is -0.491 e. The molecule has 2 aromatic rings. The standard InChI is InChI=1S/C15H12ClFN2O/c1-2-20-15-7-6-10(8-13(15)17)19-14-5-3-4-12(16)11(14)9-18/h3-8,19H,2H2,1H3. The number of rotatable bonds is 4. The molecule has 5 heteroatoms. The molecule has 0 atom stereocenters. The van der Waals surface area contributed by atoms with Gasteiger partial charge in [-0.15, -0.1) is 0 Å². The molecular weight excluding hydrogens is 279 g/mol. The van der Waals surface area contributed by atoms with Crippen LogP contribution < -0.4 is 10.1 Å². The zero-order valence-corrected chi connectivity index (χ0v) is 11.5. The summed E-state index contributed by atoms with van der Waals surface area (Å²) in [4.78, 5) is 0. The summed E-state index contributed by atoms with van der Waals surface area (Å²) in [5.74, 6) is -0.262. The maximum atomic E-state index is 13.7. The van der Waals surface area contributed by atoms with Gasteiger partial charge < -0.3 is 10.1 Å². The number of ether oxygens (including phenoxy) is 1. The lowest BCUT2D eigenvalue weighted by Gasteiger charge is -2.11. The third-order valence-electron chi connectivity index (χ3n) is 2.64. The summed E-state index contributed by atoms with van der Waals surface area (Å²) in [5.41, 5.74) is 1.37. The van der Waals surface area contributed by atoms with Gasteiger partial charge in [0.1, 0.15) is 6.07 Å². The average molecular weight is 291 g/mol. The van der Waals surface area contributed by atoms with Gasteiger partial charge in [0, 0.05) is 11.8 Å². The molecule has 0 radical (unpaired) electrons. The van der Waals surface area contributed by atoms with Crippen molar-refractivity contribution in [1.82, 2.24) is 0 Å². The van der Waals surface area contributed by atoms with Crippen LogP contribution in [-0.4, -0.2) is 6.61 Å². The zero-order chi connectivity index (χ0) is 14.5. The first-order valence-corrected chi connectivity index (χ1v) is 6.41. The maximum Gasteiger partial charge on any atom is 0.167 e. The number of nitrogens with zero attached hydrogens (tertiary/aromatic N) is 1. The summed E-state index contributed by atoms with van der Waals surface area (Å²) >= 11 is 5.94. The van der Waals surface area contributed by atoms with Crippen molar-refractivity contribution in [3.05, 3.63) is 52.8 Å². The Kier molecular flexibility index (Phi) is 4.44. The fraction of sp³-hybridized carbons (Fsp3) is 0.133. The fourth-order valence-electron chi connectivity index (χ4n) is 1.75. The molecule has 0 spiro atoms. The first-order chi connectivity index (χ1) is 9.65. The van der Waals surface area contributed by atoms with Crippen LogP contribution in [0.2, 0.25) is 5.02 Å². The molecule has 0 unspecified atom stereocenters. The molecule has 0 saturated heterocycles. The Morgan fingerprint density at radius 3 is 2.80 bits per heavy atom. The second-order valence-electron chi connectivity index (χ2n) is 3.98. The van der Waals surface area contributed by atoms with Gasteiger partial charge in [-0.05, 0) is 31.2 Å². The molecule has 2 aromatic carbocycles. The van der Waals surface area contributed by atoms with E-state index in [2.05, 4.69) is 5.32 Å². The molecule has 0 aliphatic carbocycles. The van der Waals surface area contributed by atoms with Gasteiger partial charge in [-0.25, -0.2) is 4.39 Å². The van der Waals surface area contributed by atoms with Crippen LogP contribution in [0.5, 0.6) is 5.75 Å². The van der Waals surface area contributed by atoms with E-state index in [9.17, 15) is 4.39 Å². The zero-order valence-electron chi connectivity index (χ0n) is 10.8. The van der Waals surface area contributed by atoms with E-state index < -0.39 is 5.82 Å². The summed E-state index contributed by atoms with van der Waals surface area (Å²) in [5, 5.41) is 12.4. The van der Waals surface area contributed by atoms with Gasteiger partial charge in [0.2, 0.25) is 0 Å². The molecule has 20 heavy (non-hydrogen) atoms. The van der Waals surface area contributed by atoms with E-state index in [-0.39, 0.29) is 5.75 Å². The molecule has 0 fully saturated rings. The highest BCUT2D eigenvalue weighted by atomic mass is 35.5. The number of hydrogen-bond acceptors (Lipinski definition) is 3. The molecule has 0 heterocycles. The van der Waals surface area contributed by atoms with Crippen LogP contribution in [0.3, 0.4) is 0 Å². The van der Waals surface area contributed by atoms with E-state index in [0.717, 1.165) is 0 Å². The van der Waals surface area contributed by atoms with E-state index in [1.54, 1.807) is 31.2 Å². The monoisotopic (exact) mass is 290 g/mol. The van der Waals surface area contributed by atoms with Crippen LogP contribution in [0.25, 0.3) is 0 Å². The summed E-state index contributed by atoms with van der Waals surface area (Å²) in [7, 11) is 0. The minimum absolute atomic E-state index is 0.199. The number of nitriles is 1. The van der Waals surface area contributed by atoms with Gasteiger partial charge in [0.05, 0.1) is 22.9 Å². The second-order valence-corrected chi connectivity index (χ2v) is 4.38. The molecule has 0 aliphatic heterocycles. The van der Waals surface area contributed by atoms with Crippen LogP contribution in [0, 0.1) is 17.1 Å². The molecule has 3 nitrogen and oxygen atoms in total. The number of hydrogen-bond donors (Lipinski definition) is 1. The van der Waals surface area contributed by atoms with Crippen molar-refractivity contribution in [3.8, 4) is 11.8 Å². The van der Waals surface area contributed by atoms with Gasteiger partial charge in [0.15, 0.2) is 11.6 Å². The lowest BCUT2D eigenvalue weighted by Crippen LogP contribution is -1.98. The Morgan fingerprint density at radius 1 is 1.35 bits per heavy atom. The highest BCUT2D eigenvalue weighted by Gasteiger charge is 2.08. The van der Waals surface area contributed by atoms with Crippen molar-refractivity contribution in [2.24, 2.45) is 0 Å². The predicted octanol–water partition coefficient (Wildman–Crippen LogP) is 4.49.